The highest BCUT2D eigenvalue weighted by molar-refractivity contribution is 6.01. The maximum Gasteiger partial charge on any atom is 0.338 e. The quantitative estimate of drug-likeness (QED) is 0.582. The highest BCUT2D eigenvalue weighted by Crippen LogP contribution is 2.21. The van der Waals surface area contributed by atoms with Crippen molar-refractivity contribution in [2.75, 3.05) is 13.7 Å². The van der Waals surface area contributed by atoms with Gasteiger partial charge in [0.2, 0.25) is 0 Å². The third-order valence-electron chi connectivity index (χ3n) is 2.33. The molecular weight excluding hydrogens is 220 g/mol. The lowest BCUT2D eigenvalue weighted by molar-refractivity contribution is 0.0526. The van der Waals surface area contributed by atoms with Crippen LogP contribution in [0, 0.1) is 0 Å². The van der Waals surface area contributed by atoms with Crippen molar-refractivity contribution < 1.29 is 19.1 Å². The summed E-state index contributed by atoms with van der Waals surface area (Å²) in [5.41, 5.74) is 0.782. The number of ether oxygens (including phenoxy) is 2. The average molecular weight is 236 g/mol. The van der Waals surface area contributed by atoms with E-state index >= 15 is 0 Å². The predicted octanol–water partition coefficient (Wildman–Crippen LogP) is 2.46. The second-order valence-electron chi connectivity index (χ2n) is 3.41. The summed E-state index contributed by atoms with van der Waals surface area (Å²) in [5.74, 6) is -0.0156. The van der Waals surface area contributed by atoms with Gasteiger partial charge in [0, 0.05) is 6.42 Å². The smallest absolute Gasteiger partial charge is 0.338 e. The molecule has 0 spiro atoms. The molecular formula is C13H16O4. The number of esters is 1. The van der Waals surface area contributed by atoms with E-state index in [1.165, 1.54) is 13.2 Å². The fourth-order valence-electron chi connectivity index (χ4n) is 1.46. The Morgan fingerprint density at radius 3 is 2.47 bits per heavy atom. The minimum absolute atomic E-state index is 0.0620. The molecule has 0 aliphatic heterocycles. The second kappa shape index (κ2) is 6.03. The number of Topliss-reactive ketones (excluding diaryl/α,β-unsaturated/α-hetero) is 1. The summed E-state index contributed by atoms with van der Waals surface area (Å²) in [7, 11) is 1.49. The molecule has 0 unspecified atom stereocenters. The van der Waals surface area contributed by atoms with Gasteiger partial charge in [-0.25, -0.2) is 4.79 Å². The SMILES string of the molecule is CCOC(=O)c1ccc(OC)c(C(=O)CC)c1. The van der Waals surface area contributed by atoms with Crippen molar-refractivity contribution in [2.24, 2.45) is 0 Å². The van der Waals surface area contributed by atoms with Crippen LogP contribution >= 0.6 is 0 Å². The Morgan fingerprint density at radius 2 is 1.94 bits per heavy atom. The summed E-state index contributed by atoms with van der Waals surface area (Å²) < 4.78 is 9.97. The molecule has 92 valence electrons. The molecule has 0 N–H and O–H groups in total. The summed E-state index contributed by atoms with van der Waals surface area (Å²) in [6.07, 6.45) is 0.364. The van der Waals surface area contributed by atoms with Crippen molar-refractivity contribution in [3.05, 3.63) is 29.3 Å². The summed E-state index contributed by atoms with van der Waals surface area (Å²) in [4.78, 5) is 23.2. The Balaban J connectivity index is 3.13. The molecule has 1 rings (SSSR count). The molecule has 1 aromatic carbocycles. The molecule has 0 aromatic heterocycles. The normalized spacial score (nSPS) is 9.82. The van der Waals surface area contributed by atoms with Crippen LogP contribution in [0.1, 0.15) is 41.0 Å². The van der Waals surface area contributed by atoms with Crippen LogP contribution in [0.5, 0.6) is 5.75 Å². The maximum absolute atomic E-state index is 11.7. The van der Waals surface area contributed by atoms with Crippen molar-refractivity contribution in [3.8, 4) is 5.75 Å². The van der Waals surface area contributed by atoms with E-state index in [2.05, 4.69) is 0 Å². The van der Waals surface area contributed by atoms with E-state index in [0.29, 0.717) is 29.9 Å². The van der Waals surface area contributed by atoms with Crippen LogP contribution in [0.3, 0.4) is 0 Å². The monoisotopic (exact) mass is 236 g/mol. The third-order valence-corrected chi connectivity index (χ3v) is 2.33. The first kappa shape index (κ1) is 13.2. The Hall–Kier alpha value is -1.84. The minimum Gasteiger partial charge on any atom is -0.496 e. The Morgan fingerprint density at radius 1 is 1.24 bits per heavy atom. The van der Waals surface area contributed by atoms with Gasteiger partial charge in [-0.15, -0.1) is 0 Å². The molecule has 0 saturated heterocycles. The number of hydrogen-bond donors (Lipinski definition) is 0. The van der Waals surface area contributed by atoms with Gasteiger partial charge in [-0.1, -0.05) is 6.92 Å². The lowest BCUT2D eigenvalue weighted by atomic mass is 10.0. The number of benzene rings is 1. The zero-order valence-corrected chi connectivity index (χ0v) is 10.3. The summed E-state index contributed by atoms with van der Waals surface area (Å²) in [5, 5.41) is 0. The van der Waals surface area contributed by atoms with E-state index < -0.39 is 5.97 Å². The van der Waals surface area contributed by atoms with E-state index in [0.717, 1.165) is 0 Å². The zero-order valence-electron chi connectivity index (χ0n) is 10.3. The van der Waals surface area contributed by atoms with Gasteiger partial charge in [0.15, 0.2) is 5.78 Å². The second-order valence-corrected chi connectivity index (χ2v) is 3.41. The fourth-order valence-corrected chi connectivity index (χ4v) is 1.46. The van der Waals surface area contributed by atoms with Crippen LogP contribution in [0.4, 0.5) is 0 Å². The number of ketones is 1. The number of carbonyl (C=O) groups is 2. The lowest BCUT2D eigenvalue weighted by Crippen LogP contribution is -2.08. The predicted molar refractivity (Wildman–Crippen MR) is 63.6 cm³/mol. The molecule has 0 amide bonds. The molecule has 1 aromatic rings. The molecule has 0 radical (unpaired) electrons. The van der Waals surface area contributed by atoms with Crippen LogP contribution in [-0.2, 0) is 4.74 Å². The first-order valence-corrected chi connectivity index (χ1v) is 5.52. The van der Waals surface area contributed by atoms with Crippen LogP contribution in [0.15, 0.2) is 18.2 Å². The molecule has 0 aliphatic rings. The van der Waals surface area contributed by atoms with Gasteiger partial charge in [-0.05, 0) is 25.1 Å². The molecule has 0 fully saturated rings. The summed E-state index contributed by atoms with van der Waals surface area (Å²) in [6.45, 7) is 3.81. The van der Waals surface area contributed by atoms with Gasteiger partial charge in [0.1, 0.15) is 5.75 Å². The first-order chi connectivity index (χ1) is 8.13. The van der Waals surface area contributed by atoms with Crippen molar-refractivity contribution in [1.82, 2.24) is 0 Å². The van der Waals surface area contributed by atoms with Crippen LogP contribution in [0.2, 0.25) is 0 Å². The van der Waals surface area contributed by atoms with E-state index in [1.54, 1.807) is 26.0 Å². The van der Waals surface area contributed by atoms with Gasteiger partial charge < -0.3 is 9.47 Å². The molecule has 0 aliphatic carbocycles. The first-order valence-electron chi connectivity index (χ1n) is 5.52. The maximum atomic E-state index is 11.7. The zero-order chi connectivity index (χ0) is 12.8. The molecule has 17 heavy (non-hydrogen) atoms. The van der Waals surface area contributed by atoms with E-state index in [4.69, 9.17) is 9.47 Å². The molecule has 4 nitrogen and oxygen atoms in total. The van der Waals surface area contributed by atoms with E-state index in [1.807, 2.05) is 0 Å². The molecule has 0 saturated carbocycles. The van der Waals surface area contributed by atoms with Crippen molar-refractivity contribution in [3.63, 3.8) is 0 Å². The summed E-state index contributed by atoms with van der Waals surface area (Å²) in [6, 6.07) is 4.71. The fraction of sp³-hybridized carbons (Fsp3) is 0.385. The van der Waals surface area contributed by atoms with Gasteiger partial charge in [-0.2, -0.15) is 0 Å². The Bertz CT molecular complexity index is 423. The number of carbonyl (C=O) groups excluding carboxylic acids is 2. The van der Waals surface area contributed by atoms with Crippen molar-refractivity contribution in [1.29, 1.82) is 0 Å². The molecule has 4 heteroatoms. The topological polar surface area (TPSA) is 52.6 Å². The number of hydrogen-bond acceptors (Lipinski definition) is 4. The molecule has 0 bridgehead atoms. The molecule has 0 atom stereocenters. The third kappa shape index (κ3) is 3.06. The number of methoxy groups -OCH3 is 1. The standard InChI is InChI=1S/C13H16O4/c1-4-11(14)10-8-9(13(15)17-5-2)6-7-12(10)16-3/h6-8H,4-5H2,1-3H3. The Kier molecular flexibility index (Phi) is 4.69. The van der Waals surface area contributed by atoms with Gasteiger partial charge >= 0.3 is 5.97 Å². The van der Waals surface area contributed by atoms with Crippen LogP contribution in [-0.4, -0.2) is 25.5 Å². The minimum atomic E-state index is -0.430. The Labute approximate surface area is 101 Å². The highest BCUT2D eigenvalue weighted by Gasteiger charge is 2.15. The highest BCUT2D eigenvalue weighted by atomic mass is 16.5. The lowest BCUT2D eigenvalue weighted by Gasteiger charge is -2.08. The van der Waals surface area contributed by atoms with Gasteiger partial charge in [0.25, 0.3) is 0 Å². The number of rotatable bonds is 5. The average Bonchev–Trinajstić information content (AvgIpc) is 2.37. The van der Waals surface area contributed by atoms with Crippen molar-refractivity contribution >= 4 is 11.8 Å². The summed E-state index contributed by atoms with van der Waals surface area (Å²) >= 11 is 0. The van der Waals surface area contributed by atoms with E-state index in [-0.39, 0.29) is 5.78 Å². The van der Waals surface area contributed by atoms with Crippen LogP contribution < -0.4 is 4.74 Å². The van der Waals surface area contributed by atoms with Crippen LogP contribution in [0.25, 0.3) is 0 Å². The molecule has 0 heterocycles. The van der Waals surface area contributed by atoms with Gasteiger partial charge in [0.05, 0.1) is 24.8 Å². The van der Waals surface area contributed by atoms with E-state index in [9.17, 15) is 9.59 Å². The van der Waals surface area contributed by atoms with Crippen molar-refractivity contribution in [2.45, 2.75) is 20.3 Å². The largest absolute Gasteiger partial charge is 0.496 e. The van der Waals surface area contributed by atoms with Gasteiger partial charge in [-0.3, -0.25) is 4.79 Å².